The maximum absolute atomic E-state index is 12.7. The average molecular weight is 429 g/mol. The second-order valence-electron chi connectivity index (χ2n) is 6.69. The van der Waals surface area contributed by atoms with Crippen LogP contribution in [0.25, 0.3) is 10.8 Å². The lowest BCUT2D eigenvalue weighted by Crippen LogP contribution is -2.17. The van der Waals surface area contributed by atoms with Crippen molar-refractivity contribution in [1.29, 1.82) is 0 Å². The average Bonchev–Trinajstić information content (AvgIpc) is 2.79. The van der Waals surface area contributed by atoms with E-state index in [4.69, 9.17) is 16.3 Å². The first-order chi connectivity index (χ1) is 15.1. The number of hydrogen-bond donors (Lipinski definition) is 1. The second kappa shape index (κ2) is 9.24. The van der Waals surface area contributed by atoms with Gasteiger partial charge in [0, 0.05) is 10.6 Å². The zero-order chi connectivity index (χ0) is 21.6. The van der Waals surface area contributed by atoms with E-state index in [1.807, 2.05) is 36.4 Å². The largest absolute Gasteiger partial charge is 0.423 e. The van der Waals surface area contributed by atoms with Crippen LogP contribution < -0.4 is 10.2 Å². The third kappa shape index (κ3) is 4.97. The zero-order valence-corrected chi connectivity index (χ0v) is 17.0. The van der Waals surface area contributed by atoms with Crippen LogP contribution >= 0.6 is 11.6 Å². The van der Waals surface area contributed by atoms with Gasteiger partial charge in [-0.2, -0.15) is 5.10 Å². The topological polar surface area (TPSA) is 67.8 Å². The molecule has 4 rings (SSSR count). The number of benzene rings is 4. The summed E-state index contributed by atoms with van der Waals surface area (Å²) in [6, 6.07) is 26.5. The van der Waals surface area contributed by atoms with Gasteiger partial charge in [-0.15, -0.1) is 0 Å². The van der Waals surface area contributed by atoms with Crippen molar-refractivity contribution in [3.8, 4) is 5.75 Å². The first-order valence-electron chi connectivity index (χ1n) is 9.49. The lowest BCUT2D eigenvalue weighted by molar-refractivity contribution is 0.0736. The van der Waals surface area contributed by atoms with Gasteiger partial charge in [-0.25, -0.2) is 10.2 Å². The Kier molecular flexibility index (Phi) is 6.05. The number of amides is 1. The Morgan fingerprint density at radius 3 is 2.45 bits per heavy atom. The lowest BCUT2D eigenvalue weighted by Gasteiger charge is -2.08. The summed E-state index contributed by atoms with van der Waals surface area (Å²) < 4.78 is 5.56. The van der Waals surface area contributed by atoms with Crippen LogP contribution in [0.3, 0.4) is 0 Å². The summed E-state index contributed by atoms with van der Waals surface area (Å²) in [7, 11) is 0. The van der Waals surface area contributed by atoms with Crippen LogP contribution in [0.1, 0.15) is 26.3 Å². The molecule has 0 saturated carbocycles. The summed E-state index contributed by atoms with van der Waals surface area (Å²) >= 11 is 5.82. The highest BCUT2D eigenvalue weighted by atomic mass is 35.5. The molecular weight excluding hydrogens is 412 g/mol. The van der Waals surface area contributed by atoms with Crippen molar-refractivity contribution in [3.05, 3.63) is 113 Å². The van der Waals surface area contributed by atoms with E-state index in [0.717, 1.165) is 10.8 Å². The fourth-order valence-electron chi connectivity index (χ4n) is 3.06. The van der Waals surface area contributed by atoms with E-state index in [-0.39, 0.29) is 5.91 Å². The SMILES string of the molecule is O=C(N/N=C\c1cccc(OC(=O)c2cccc3ccccc23)c1)c1ccc(Cl)cc1. The molecule has 6 heteroatoms. The molecule has 5 nitrogen and oxygen atoms in total. The van der Waals surface area contributed by atoms with Crippen LogP contribution in [0.5, 0.6) is 5.75 Å². The van der Waals surface area contributed by atoms with E-state index in [1.54, 1.807) is 54.6 Å². The number of esters is 1. The minimum Gasteiger partial charge on any atom is -0.423 e. The number of rotatable bonds is 5. The minimum absolute atomic E-state index is 0.355. The monoisotopic (exact) mass is 428 g/mol. The Balaban J connectivity index is 1.44. The van der Waals surface area contributed by atoms with E-state index in [0.29, 0.717) is 27.5 Å². The van der Waals surface area contributed by atoms with E-state index in [9.17, 15) is 9.59 Å². The number of carbonyl (C=O) groups excluding carboxylic acids is 2. The predicted molar refractivity (Wildman–Crippen MR) is 122 cm³/mol. The minimum atomic E-state index is -0.443. The van der Waals surface area contributed by atoms with E-state index >= 15 is 0 Å². The van der Waals surface area contributed by atoms with Gasteiger partial charge in [-0.05, 0) is 58.8 Å². The predicted octanol–water partition coefficient (Wildman–Crippen LogP) is 5.48. The van der Waals surface area contributed by atoms with Gasteiger partial charge in [0.05, 0.1) is 11.8 Å². The summed E-state index contributed by atoms with van der Waals surface area (Å²) in [6.07, 6.45) is 1.48. The molecule has 0 bridgehead atoms. The van der Waals surface area contributed by atoms with Crippen LogP contribution in [0.2, 0.25) is 5.02 Å². The molecule has 0 aliphatic heterocycles. The third-order valence-electron chi connectivity index (χ3n) is 4.56. The Bertz CT molecular complexity index is 1280. The highest BCUT2D eigenvalue weighted by Crippen LogP contribution is 2.21. The quantitative estimate of drug-likeness (QED) is 0.198. The number of halogens is 1. The van der Waals surface area contributed by atoms with Crippen LogP contribution in [0, 0.1) is 0 Å². The Morgan fingerprint density at radius 2 is 1.61 bits per heavy atom. The summed E-state index contributed by atoms with van der Waals surface area (Å²) in [4.78, 5) is 24.8. The van der Waals surface area contributed by atoms with Crippen molar-refractivity contribution in [2.24, 2.45) is 5.10 Å². The van der Waals surface area contributed by atoms with Crippen LogP contribution in [-0.2, 0) is 0 Å². The van der Waals surface area contributed by atoms with Gasteiger partial charge in [-0.3, -0.25) is 4.79 Å². The maximum Gasteiger partial charge on any atom is 0.344 e. The number of hydrazone groups is 1. The molecule has 1 amide bonds. The molecule has 0 unspecified atom stereocenters. The first kappa shape index (κ1) is 20.3. The van der Waals surface area contributed by atoms with Crippen molar-refractivity contribution in [2.75, 3.05) is 0 Å². The van der Waals surface area contributed by atoms with Gasteiger partial charge >= 0.3 is 5.97 Å². The first-order valence-corrected chi connectivity index (χ1v) is 9.87. The van der Waals surface area contributed by atoms with Crippen molar-refractivity contribution < 1.29 is 14.3 Å². The van der Waals surface area contributed by atoms with Crippen molar-refractivity contribution in [2.45, 2.75) is 0 Å². The van der Waals surface area contributed by atoms with Crippen molar-refractivity contribution >= 4 is 40.5 Å². The zero-order valence-electron chi connectivity index (χ0n) is 16.3. The van der Waals surface area contributed by atoms with Gasteiger partial charge in [0.2, 0.25) is 0 Å². The maximum atomic E-state index is 12.7. The van der Waals surface area contributed by atoms with Gasteiger partial charge in [0.1, 0.15) is 5.75 Å². The van der Waals surface area contributed by atoms with Crippen LogP contribution in [0.15, 0.2) is 96.1 Å². The normalized spacial score (nSPS) is 10.9. The molecular formula is C25H17ClN2O3. The summed E-state index contributed by atoms with van der Waals surface area (Å²) in [5.74, 6) is -0.417. The molecule has 0 spiro atoms. The number of ether oxygens (including phenoxy) is 1. The fraction of sp³-hybridized carbons (Fsp3) is 0. The smallest absolute Gasteiger partial charge is 0.344 e. The molecule has 0 aromatic heterocycles. The second-order valence-corrected chi connectivity index (χ2v) is 7.13. The highest BCUT2D eigenvalue weighted by Gasteiger charge is 2.12. The molecule has 4 aromatic carbocycles. The summed E-state index contributed by atoms with van der Waals surface area (Å²) in [6.45, 7) is 0. The van der Waals surface area contributed by atoms with Crippen molar-refractivity contribution in [3.63, 3.8) is 0 Å². The number of nitrogens with one attached hydrogen (secondary N) is 1. The summed E-state index contributed by atoms with van der Waals surface area (Å²) in [5.41, 5.74) is 4.06. The molecule has 0 aliphatic rings. The Morgan fingerprint density at radius 1 is 0.871 bits per heavy atom. The van der Waals surface area contributed by atoms with E-state index in [2.05, 4.69) is 10.5 Å². The molecule has 0 fully saturated rings. The number of hydrogen-bond acceptors (Lipinski definition) is 4. The fourth-order valence-corrected chi connectivity index (χ4v) is 3.18. The van der Waals surface area contributed by atoms with Crippen molar-refractivity contribution in [1.82, 2.24) is 5.43 Å². The van der Waals surface area contributed by atoms with Gasteiger partial charge in [0.25, 0.3) is 5.91 Å². The number of fused-ring (bicyclic) bond motifs is 1. The third-order valence-corrected chi connectivity index (χ3v) is 4.82. The number of carbonyl (C=O) groups is 2. The standard InChI is InChI=1S/C25H17ClN2O3/c26-20-13-11-19(12-14-20)24(29)28-27-16-17-5-3-8-21(15-17)31-25(30)23-10-4-7-18-6-1-2-9-22(18)23/h1-16H,(H,28,29)/b27-16-. The highest BCUT2D eigenvalue weighted by molar-refractivity contribution is 6.30. The molecule has 1 N–H and O–H groups in total. The van der Waals surface area contributed by atoms with E-state index < -0.39 is 5.97 Å². The van der Waals surface area contributed by atoms with Gasteiger partial charge < -0.3 is 4.74 Å². The molecule has 152 valence electrons. The molecule has 4 aromatic rings. The van der Waals surface area contributed by atoms with Gasteiger partial charge in [-0.1, -0.05) is 60.1 Å². The Hall–Kier alpha value is -3.96. The molecule has 0 radical (unpaired) electrons. The molecule has 0 aliphatic carbocycles. The molecule has 31 heavy (non-hydrogen) atoms. The molecule has 0 heterocycles. The molecule has 0 saturated heterocycles. The Labute approximate surface area is 183 Å². The van der Waals surface area contributed by atoms with Gasteiger partial charge in [0.15, 0.2) is 0 Å². The number of nitrogens with zero attached hydrogens (tertiary/aromatic N) is 1. The lowest BCUT2D eigenvalue weighted by atomic mass is 10.0. The van der Waals surface area contributed by atoms with E-state index in [1.165, 1.54) is 6.21 Å². The summed E-state index contributed by atoms with van der Waals surface area (Å²) in [5, 5.41) is 6.31. The van der Waals surface area contributed by atoms with Crippen LogP contribution in [0.4, 0.5) is 0 Å². The molecule has 0 atom stereocenters. The van der Waals surface area contributed by atoms with Crippen LogP contribution in [-0.4, -0.2) is 18.1 Å².